The number of methoxy groups -OCH3 is 1. The summed E-state index contributed by atoms with van der Waals surface area (Å²) < 4.78 is 4.65. The zero-order chi connectivity index (χ0) is 13.0. The second kappa shape index (κ2) is 5.04. The zero-order valence-electron chi connectivity index (χ0n) is 9.40. The Labute approximate surface area is 102 Å². The second-order valence-corrected chi connectivity index (χ2v) is 3.21. The van der Waals surface area contributed by atoms with Gasteiger partial charge in [0.05, 0.1) is 18.4 Å². The van der Waals surface area contributed by atoms with Gasteiger partial charge in [0.1, 0.15) is 0 Å². The number of tetrazole rings is 1. The number of H-pyrrole nitrogens is 1. The van der Waals surface area contributed by atoms with E-state index in [1.807, 2.05) is 0 Å². The number of aromatic amines is 1. The van der Waals surface area contributed by atoms with Crippen molar-refractivity contribution in [2.75, 3.05) is 12.0 Å². The molecule has 0 fully saturated rings. The van der Waals surface area contributed by atoms with Gasteiger partial charge in [-0.05, 0) is 22.6 Å². The number of hydrogen-bond acceptors (Lipinski definition) is 6. The lowest BCUT2D eigenvalue weighted by Gasteiger charge is -2.15. The van der Waals surface area contributed by atoms with E-state index in [1.165, 1.54) is 7.11 Å². The lowest BCUT2D eigenvalue weighted by Crippen LogP contribution is -2.19. The van der Waals surface area contributed by atoms with Crippen molar-refractivity contribution in [1.29, 1.82) is 0 Å². The van der Waals surface area contributed by atoms with Gasteiger partial charge < -0.3 is 4.74 Å². The Morgan fingerprint density at radius 3 is 2.83 bits per heavy atom. The van der Waals surface area contributed by atoms with Crippen LogP contribution in [0.3, 0.4) is 0 Å². The first-order valence-electron chi connectivity index (χ1n) is 4.93. The Bertz CT molecular complexity index is 554. The molecule has 2 rings (SSSR count). The van der Waals surface area contributed by atoms with Crippen LogP contribution in [0.5, 0.6) is 0 Å². The summed E-state index contributed by atoms with van der Waals surface area (Å²) >= 11 is 0. The molecule has 0 bridgehead atoms. The molecule has 2 aromatic rings. The predicted molar refractivity (Wildman–Crippen MR) is 60.2 cm³/mol. The highest BCUT2D eigenvalue weighted by Gasteiger charge is 2.19. The molecule has 0 aliphatic carbocycles. The quantitative estimate of drug-likeness (QED) is 0.615. The average Bonchev–Trinajstić information content (AvgIpc) is 2.93. The van der Waals surface area contributed by atoms with E-state index in [-0.39, 0.29) is 11.5 Å². The number of aromatic nitrogens is 4. The Hall–Kier alpha value is -2.77. The smallest absolute Gasteiger partial charge is 0.339 e. The summed E-state index contributed by atoms with van der Waals surface area (Å²) in [6.45, 7) is 0. The molecule has 0 saturated carbocycles. The molecule has 0 aliphatic rings. The van der Waals surface area contributed by atoms with Crippen molar-refractivity contribution in [1.82, 2.24) is 20.6 Å². The zero-order valence-corrected chi connectivity index (χ0v) is 9.40. The van der Waals surface area contributed by atoms with Gasteiger partial charge in [-0.2, -0.15) is 0 Å². The van der Waals surface area contributed by atoms with Crippen LogP contribution in [0.15, 0.2) is 24.3 Å². The third-order valence-corrected chi connectivity index (χ3v) is 2.24. The standard InChI is InChI=1S/C10H9N5O3/c1-18-9(17)7-4-2-3-5-8(7)15(6-16)10-11-13-14-12-10/h2-6H,1H3,(H,11,12,13,14). The van der Waals surface area contributed by atoms with Crippen LogP contribution in [0.4, 0.5) is 11.6 Å². The van der Waals surface area contributed by atoms with Gasteiger partial charge >= 0.3 is 5.97 Å². The summed E-state index contributed by atoms with van der Waals surface area (Å²) in [7, 11) is 1.26. The number of hydrogen-bond donors (Lipinski definition) is 1. The number of carbonyl (C=O) groups excluding carboxylic acids is 2. The minimum Gasteiger partial charge on any atom is -0.465 e. The number of amides is 1. The first-order valence-corrected chi connectivity index (χ1v) is 4.93. The van der Waals surface area contributed by atoms with Crippen molar-refractivity contribution in [2.45, 2.75) is 0 Å². The Balaban J connectivity index is 2.49. The third-order valence-electron chi connectivity index (χ3n) is 2.24. The van der Waals surface area contributed by atoms with E-state index >= 15 is 0 Å². The molecule has 18 heavy (non-hydrogen) atoms. The van der Waals surface area contributed by atoms with E-state index < -0.39 is 5.97 Å². The summed E-state index contributed by atoms with van der Waals surface area (Å²) in [5.41, 5.74) is 0.571. The monoisotopic (exact) mass is 247 g/mol. The molecule has 1 aromatic heterocycles. The van der Waals surface area contributed by atoms with Gasteiger partial charge in [0.15, 0.2) is 0 Å². The minimum atomic E-state index is -0.551. The van der Waals surface area contributed by atoms with Crippen molar-refractivity contribution in [3.05, 3.63) is 29.8 Å². The molecule has 0 aliphatic heterocycles. The Kier molecular flexibility index (Phi) is 3.28. The van der Waals surface area contributed by atoms with Crippen LogP contribution in [-0.2, 0) is 9.53 Å². The Morgan fingerprint density at radius 2 is 2.22 bits per heavy atom. The molecule has 8 heteroatoms. The van der Waals surface area contributed by atoms with E-state index in [0.717, 1.165) is 4.90 Å². The summed E-state index contributed by atoms with van der Waals surface area (Å²) in [5.74, 6) is -0.439. The fraction of sp³-hybridized carbons (Fsp3) is 0.100. The third kappa shape index (κ3) is 2.03. The van der Waals surface area contributed by atoms with Gasteiger partial charge in [-0.3, -0.25) is 4.79 Å². The van der Waals surface area contributed by atoms with Crippen LogP contribution in [0.1, 0.15) is 10.4 Å². The number of anilines is 2. The number of nitrogens with one attached hydrogen (secondary N) is 1. The van der Waals surface area contributed by atoms with Crippen molar-refractivity contribution < 1.29 is 14.3 Å². The summed E-state index contributed by atoms with van der Waals surface area (Å²) in [6.07, 6.45) is 0.504. The first kappa shape index (κ1) is 11.7. The number of nitrogens with zero attached hydrogens (tertiary/aromatic N) is 4. The maximum atomic E-state index is 11.6. The largest absolute Gasteiger partial charge is 0.465 e. The molecule has 0 spiro atoms. The van der Waals surface area contributed by atoms with Crippen LogP contribution in [-0.4, -0.2) is 40.1 Å². The van der Waals surface area contributed by atoms with Gasteiger partial charge in [0.25, 0.3) is 5.95 Å². The number of benzene rings is 1. The molecule has 0 unspecified atom stereocenters. The summed E-state index contributed by atoms with van der Waals surface area (Å²) in [5, 5.41) is 12.8. The van der Waals surface area contributed by atoms with Crippen molar-refractivity contribution in [2.24, 2.45) is 0 Å². The molecule has 8 nitrogen and oxygen atoms in total. The number of carbonyl (C=O) groups is 2. The molecule has 1 aromatic carbocycles. The summed E-state index contributed by atoms with van der Waals surface area (Å²) in [4.78, 5) is 23.8. The highest BCUT2D eigenvalue weighted by Crippen LogP contribution is 2.24. The van der Waals surface area contributed by atoms with Crippen LogP contribution in [0.25, 0.3) is 0 Å². The topological polar surface area (TPSA) is 101 Å². The van der Waals surface area contributed by atoms with Crippen molar-refractivity contribution >= 4 is 24.0 Å². The molecular formula is C10H9N5O3. The SMILES string of the molecule is COC(=O)c1ccccc1N(C=O)c1nnn[nH]1. The molecule has 0 radical (unpaired) electrons. The maximum Gasteiger partial charge on any atom is 0.339 e. The lowest BCUT2D eigenvalue weighted by atomic mass is 10.1. The maximum absolute atomic E-state index is 11.6. The average molecular weight is 247 g/mol. The van der Waals surface area contributed by atoms with E-state index in [9.17, 15) is 9.59 Å². The number of ether oxygens (including phenoxy) is 1. The number of rotatable bonds is 4. The normalized spacial score (nSPS) is 9.83. The van der Waals surface area contributed by atoms with Crippen molar-refractivity contribution in [3.8, 4) is 0 Å². The van der Waals surface area contributed by atoms with Crippen LogP contribution >= 0.6 is 0 Å². The van der Waals surface area contributed by atoms with Gasteiger partial charge in [-0.15, -0.1) is 0 Å². The Morgan fingerprint density at radius 1 is 1.44 bits per heavy atom. The van der Waals surface area contributed by atoms with E-state index in [1.54, 1.807) is 24.3 Å². The fourth-order valence-electron chi connectivity index (χ4n) is 1.44. The lowest BCUT2D eigenvalue weighted by molar-refractivity contribution is -0.106. The molecule has 1 heterocycles. The fourth-order valence-corrected chi connectivity index (χ4v) is 1.44. The molecule has 92 valence electrons. The summed E-state index contributed by atoms with van der Waals surface area (Å²) in [6, 6.07) is 6.48. The molecular weight excluding hydrogens is 238 g/mol. The molecule has 0 saturated heterocycles. The van der Waals surface area contributed by atoms with Crippen molar-refractivity contribution in [3.63, 3.8) is 0 Å². The highest BCUT2D eigenvalue weighted by molar-refractivity contribution is 6.00. The number of para-hydroxylation sites is 1. The van der Waals surface area contributed by atoms with Gasteiger partial charge in [-0.1, -0.05) is 17.2 Å². The molecule has 1 amide bonds. The van der Waals surface area contributed by atoms with E-state index in [2.05, 4.69) is 25.4 Å². The second-order valence-electron chi connectivity index (χ2n) is 3.21. The number of esters is 1. The van der Waals surface area contributed by atoms with Crippen LogP contribution in [0.2, 0.25) is 0 Å². The molecule has 0 atom stereocenters. The van der Waals surface area contributed by atoms with E-state index in [0.29, 0.717) is 12.1 Å². The van der Waals surface area contributed by atoms with E-state index in [4.69, 9.17) is 0 Å². The van der Waals surface area contributed by atoms with Gasteiger partial charge in [0, 0.05) is 0 Å². The van der Waals surface area contributed by atoms with Crippen LogP contribution < -0.4 is 4.90 Å². The van der Waals surface area contributed by atoms with Gasteiger partial charge in [0.2, 0.25) is 6.41 Å². The first-order chi connectivity index (χ1) is 8.77. The van der Waals surface area contributed by atoms with Crippen LogP contribution in [0, 0.1) is 0 Å². The van der Waals surface area contributed by atoms with Gasteiger partial charge in [-0.25, -0.2) is 14.8 Å². The highest BCUT2D eigenvalue weighted by atomic mass is 16.5. The molecule has 1 N–H and O–H groups in total. The minimum absolute atomic E-state index is 0.112. The predicted octanol–water partition coefficient (Wildman–Crippen LogP) is 0.281.